The molecule has 0 bridgehead atoms. The van der Waals surface area contributed by atoms with Gasteiger partial charge >= 0.3 is 0 Å². The van der Waals surface area contributed by atoms with Crippen LogP contribution in [0.25, 0.3) is 0 Å². The maximum Gasteiger partial charge on any atom is 0.257 e. The zero-order chi connectivity index (χ0) is 21.8. The van der Waals surface area contributed by atoms with Gasteiger partial charge in [0.15, 0.2) is 0 Å². The van der Waals surface area contributed by atoms with Crippen LogP contribution in [-0.2, 0) is 4.79 Å². The van der Waals surface area contributed by atoms with Crippen LogP contribution in [-0.4, -0.2) is 24.3 Å². The second-order valence-corrected chi connectivity index (χ2v) is 7.60. The Hall–Kier alpha value is -3.64. The van der Waals surface area contributed by atoms with Gasteiger partial charge in [-0.3, -0.25) is 14.4 Å². The molecule has 7 heteroatoms. The molecule has 1 aliphatic rings. The molecule has 31 heavy (non-hydrogen) atoms. The lowest BCUT2D eigenvalue weighted by molar-refractivity contribution is -0.117. The van der Waals surface area contributed by atoms with E-state index < -0.39 is 0 Å². The van der Waals surface area contributed by atoms with Gasteiger partial charge in [-0.05, 0) is 61.0 Å². The monoisotopic (exact) mass is 433 g/mol. The van der Waals surface area contributed by atoms with Gasteiger partial charge in [0.25, 0.3) is 11.8 Å². The van der Waals surface area contributed by atoms with Gasteiger partial charge in [0.05, 0.1) is 11.3 Å². The molecule has 6 nitrogen and oxygen atoms in total. The molecule has 3 amide bonds. The van der Waals surface area contributed by atoms with Crippen molar-refractivity contribution in [3.05, 3.63) is 88.9 Å². The van der Waals surface area contributed by atoms with E-state index in [4.69, 9.17) is 11.6 Å². The molecule has 3 aromatic carbocycles. The third-order valence-electron chi connectivity index (χ3n) is 5.02. The standard InChI is InChI=1S/C24H20ClN3O3/c25-17-10-12-18(13-11-17)26-24(31)20-7-1-2-8-21(20)27-23(30)16-5-3-6-19(15-16)28-14-4-9-22(28)29/h1-3,5-8,10-13,15H,4,9,14H2,(H,26,31)(H,27,30). The SMILES string of the molecule is O=C(Nc1ccccc1C(=O)Nc1ccc(Cl)cc1)c1cccc(N2CCCC2=O)c1. The van der Waals surface area contributed by atoms with Gasteiger partial charge in [0.1, 0.15) is 0 Å². The highest BCUT2D eigenvalue weighted by Gasteiger charge is 2.22. The summed E-state index contributed by atoms with van der Waals surface area (Å²) in [5.74, 6) is -0.656. The molecule has 156 valence electrons. The Balaban J connectivity index is 1.52. The van der Waals surface area contributed by atoms with E-state index in [9.17, 15) is 14.4 Å². The molecule has 1 saturated heterocycles. The molecule has 0 spiro atoms. The van der Waals surface area contributed by atoms with E-state index >= 15 is 0 Å². The molecule has 1 fully saturated rings. The fourth-order valence-corrected chi connectivity index (χ4v) is 3.58. The van der Waals surface area contributed by atoms with Crippen molar-refractivity contribution < 1.29 is 14.4 Å². The second-order valence-electron chi connectivity index (χ2n) is 7.16. The van der Waals surface area contributed by atoms with Gasteiger partial charge in [-0.2, -0.15) is 0 Å². The van der Waals surface area contributed by atoms with Crippen LogP contribution in [0, 0.1) is 0 Å². The second kappa shape index (κ2) is 9.02. The normalized spacial score (nSPS) is 13.2. The summed E-state index contributed by atoms with van der Waals surface area (Å²) in [6.45, 7) is 0.650. The fraction of sp³-hybridized carbons (Fsp3) is 0.125. The van der Waals surface area contributed by atoms with E-state index in [1.807, 2.05) is 6.07 Å². The summed E-state index contributed by atoms with van der Waals surface area (Å²) in [5, 5.41) is 6.18. The third-order valence-corrected chi connectivity index (χ3v) is 5.27. The quantitative estimate of drug-likeness (QED) is 0.596. The Morgan fingerprint density at radius 3 is 2.39 bits per heavy atom. The maximum atomic E-state index is 12.9. The lowest BCUT2D eigenvalue weighted by Gasteiger charge is -2.17. The maximum absolute atomic E-state index is 12.9. The van der Waals surface area contributed by atoms with Crippen LogP contribution in [0.1, 0.15) is 33.6 Å². The number of carbonyl (C=O) groups excluding carboxylic acids is 3. The van der Waals surface area contributed by atoms with Crippen molar-refractivity contribution in [3.8, 4) is 0 Å². The van der Waals surface area contributed by atoms with Crippen LogP contribution >= 0.6 is 11.6 Å². The predicted octanol–water partition coefficient (Wildman–Crippen LogP) is 4.97. The molecule has 4 rings (SSSR count). The largest absolute Gasteiger partial charge is 0.322 e. The van der Waals surface area contributed by atoms with Gasteiger partial charge in [-0.25, -0.2) is 0 Å². The Bertz CT molecular complexity index is 1140. The lowest BCUT2D eigenvalue weighted by Crippen LogP contribution is -2.24. The van der Waals surface area contributed by atoms with Gasteiger partial charge in [-0.1, -0.05) is 29.8 Å². The highest BCUT2D eigenvalue weighted by atomic mass is 35.5. The predicted molar refractivity (Wildman–Crippen MR) is 122 cm³/mol. The number of nitrogens with one attached hydrogen (secondary N) is 2. The number of amides is 3. The summed E-state index contributed by atoms with van der Waals surface area (Å²) in [6, 6.07) is 20.5. The fourth-order valence-electron chi connectivity index (χ4n) is 3.45. The lowest BCUT2D eigenvalue weighted by atomic mass is 10.1. The topological polar surface area (TPSA) is 78.5 Å². The molecule has 0 radical (unpaired) electrons. The number of hydrogen-bond donors (Lipinski definition) is 2. The molecule has 0 unspecified atom stereocenters. The van der Waals surface area contributed by atoms with Gasteiger partial charge in [0, 0.05) is 34.9 Å². The van der Waals surface area contributed by atoms with E-state index in [1.54, 1.807) is 71.6 Å². The van der Waals surface area contributed by atoms with Gasteiger partial charge < -0.3 is 15.5 Å². The van der Waals surface area contributed by atoms with E-state index in [1.165, 1.54) is 0 Å². The molecule has 0 aliphatic carbocycles. The molecular formula is C24H20ClN3O3. The van der Waals surface area contributed by atoms with E-state index in [-0.39, 0.29) is 17.7 Å². The molecule has 1 heterocycles. The number of para-hydroxylation sites is 1. The zero-order valence-electron chi connectivity index (χ0n) is 16.6. The minimum Gasteiger partial charge on any atom is -0.322 e. The van der Waals surface area contributed by atoms with E-state index in [0.29, 0.717) is 46.2 Å². The number of rotatable bonds is 5. The first-order chi connectivity index (χ1) is 15.0. The zero-order valence-corrected chi connectivity index (χ0v) is 17.4. The average Bonchev–Trinajstić information content (AvgIpc) is 3.21. The van der Waals surface area contributed by atoms with Crippen LogP contribution < -0.4 is 15.5 Å². The molecule has 1 aliphatic heterocycles. The van der Waals surface area contributed by atoms with Crippen LogP contribution in [0.15, 0.2) is 72.8 Å². The van der Waals surface area contributed by atoms with Crippen molar-refractivity contribution in [1.82, 2.24) is 0 Å². The number of nitrogens with zero attached hydrogens (tertiary/aromatic N) is 1. The van der Waals surface area contributed by atoms with Crippen molar-refractivity contribution in [2.75, 3.05) is 22.1 Å². The summed E-state index contributed by atoms with van der Waals surface area (Å²) in [6.07, 6.45) is 1.33. The van der Waals surface area contributed by atoms with Crippen LogP contribution in [0.5, 0.6) is 0 Å². The minimum atomic E-state index is -0.361. The Morgan fingerprint density at radius 2 is 1.65 bits per heavy atom. The molecule has 0 aromatic heterocycles. The Kier molecular flexibility index (Phi) is 6.00. The number of carbonyl (C=O) groups is 3. The number of anilines is 3. The van der Waals surface area contributed by atoms with E-state index in [2.05, 4.69) is 10.6 Å². The van der Waals surface area contributed by atoms with Crippen molar-refractivity contribution in [1.29, 1.82) is 0 Å². The van der Waals surface area contributed by atoms with Crippen LogP contribution in [0.2, 0.25) is 5.02 Å². The Morgan fingerprint density at radius 1 is 0.871 bits per heavy atom. The van der Waals surface area contributed by atoms with Crippen molar-refractivity contribution in [2.24, 2.45) is 0 Å². The molecule has 2 N–H and O–H groups in total. The van der Waals surface area contributed by atoms with Crippen molar-refractivity contribution >= 4 is 46.4 Å². The first kappa shape index (κ1) is 20.6. The molecule has 0 saturated carbocycles. The van der Waals surface area contributed by atoms with Crippen molar-refractivity contribution in [2.45, 2.75) is 12.8 Å². The Labute approximate surface area is 184 Å². The summed E-state index contributed by atoms with van der Waals surface area (Å²) >= 11 is 5.88. The molecule has 0 atom stereocenters. The van der Waals surface area contributed by atoms with Crippen LogP contribution in [0.3, 0.4) is 0 Å². The highest BCUT2D eigenvalue weighted by Crippen LogP contribution is 2.24. The highest BCUT2D eigenvalue weighted by molar-refractivity contribution is 6.30. The summed E-state index contributed by atoms with van der Waals surface area (Å²) in [7, 11) is 0. The van der Waals surface area contributed by atoms with Crippen LogP contribution in [0.4, 0.5) is 17.1 Å². The smallest absolute Gasteiger partial charge is 0.257 e. The first-order valence-corrected chi connectivity index (χ1v) is 10.3. The van der Waals surface area contributed by atoms with Gasteiger partial charge in [-0.15, -0.1) is 0 Å². The third kappa shape index (κ3) is 4.75. The molecule has 3 aromatic rings. The molecular weight excluding hydrogens is 414 g/mol. The number of halogens is 1. The summed E-state index contributed by atoms with van der Waals surface area (Å²) < 4.78 is 0. The minimum absolute atomic E-state index is 0.0572. The van der Waals surface area contributed by atoms with E-state index in [0.717, 1.165) is 6.42 Å². The van der Waals surface area contributed by atoms with Crippen molar-refractivity contribution in [3.63, 3.8) is 0 Å². The average molecular weight is 434 g/mol. The summed E-state index contributed by atoms with van der Waals surface area (Å²) in [4.78, 5) is 39.3. The first-order valence-electron chi connectivity index (χ1n) is 9.89. The number of benzene rings is 3. The van der Waals surface area contributed by atoms with Gasteiger partial charge in [0.2, 0.25) is 5.91 Å². The summed E-state index contributed by atoms with van der Waals surface area (Å²) in [5.41, 5.74) is 2.42. The number of hydrogen-bond acceptors (Lipinski definition) is 3.